The Morgan fingerprint density at radius 3 is 2.65 bits per heavy atom. The molecule has 20 heavy (non-hydrogen) atoms. The minimum atomic E-state index is 0.270. The molecule has 3 rings (SSSR count). The van der Waals surface area contributed by atoms with Crippen molar-refractivity contribution < 1.29 is 0 Å². The molecule has 1 N–H and O–H groups in total. The average molecular weight is 347 g/mol. The highest BCUT2D eigenvalue weighted by Gasteiger charge is 2.15. The van der Waals surface area contributed by atoms with E-state index >= 15 is 0 Å². The van der Waals surface area contributed by atoms with E-state index in [-0.39, 0.29) is 6.04 Å². The second-order valence-electron chi connectivity index (χ2n) is 4.64. The molecule has 0 radical (unpaired) electrons. The Bertz CT molecular complexity index is 690. The lowest BCUT2D eigenvalue weighted by molar-refractivity contribution is 0.588. The highest BCUT2D eigenvalue weighted by molar-refractivity contribution is 9.10. The molecule has 2 aromatic carbocycles. The van der Waals surface area contributed by atoms with Crippen LogP contribution in [0.5, 0.6) is 0 Å². The number of fused-ring (bicyclic) bond motifs is 1. The van der Waals surface area contributed by atoms with Gasteiger partial charge in [0.15, 0.2) is 0 Å². The molecule has 0 spiro atoms. The fourth-order valence-corrected chi connectivity index (χ4v) is 3.88. The lowest BCUT2D eigenvalue weighted by Gasteiger charge is -2.16. The van der Waals surface area contributed by atoms with Crippen molar-refractivity contribution in [1.29, 1.82) is 0 Å². The quantitative estimate of drug-likeness (QED) is 0.748. The lowest BCUT2D eigenvalue weighted by Crippen LogP contribution is -2.19. The van der Waals surface area contributed by atoms with Crippen LogP contribution in [0.2, 0.25) is 0 Å². The number of rotatable bonds is 4. The van der Waals surface area contributed by atoms with E-state index in [0.717, 1.165) is 16.4 Å². The second kappa shape index (κ2) is 6.04. The summed E-state index contributed by atoms with van der Waals surface area (Å²) in [5.74, 6) is 0. The molecule has 0 bridgehead atoms. The smallest absolute Gasteiger partial charge is 0.0957 e. The zero-order valence-corrected chi connectivity index (χ0v) is 13.5. The number of hydrogen-bond acceptors (Lipinski definition) is 3. The molecule has 102 valence electrons. The van der Waals surface area contributed by atoms with Gasteiger partial charge in [-0.1, -0.05) is 46.3 Å². The highest BCUT2D eigenvalue weighted by atomic mass is 79.9. The molecule has 0 amide bonds. The van der Waals surface area contributed by atoms with Gasteiger partial charge in [0.1, 0.15) is 0 Å². The minimum absolute atomic E-state index is 0.270. The molecule has 2 nitrogen and oxygen atoms in total. The second-order valence-corrected chi connectivity index (χ2v) is 6.61. The van der Waals surface area contributed by atoms with Gasteiger partial charge in [-0.3, -0.25) is 0 Å². The van der Waals surface area contributed by atoms with Crippen molar-refractivity contribution in [3.63, 3.8) is 0 Å². The first kappa shape index (κ1) is 13.7. The summed E-state index contributed by atoms with van der Waals surface area (Å²) in [4.78, 5) is 4.72. The van der Waals surface area contributed by atoms with Crippen LogP contribution in [0.4, 0.5) is 0 Å². The van der Waals surface area contributed by atoms with Crippen LogP contribution in [0.15, 0.2) is 53.0 Å². The summed E-state index contributed by atoms with van der Waals surface area (Å²) in [6.45, 7) is 0. The van der Waals surface area contributed by atoms with Gasteiger partial charge in [0.25, 0.3) is 0 Å². The van der Waals surface area contributed by atoms with Gasteiger partial charge in [-0.25, -0.2) is 4.98 Å². The molecular formula is C16H15BrN2S. The van der Waals surface area contributed by atoms with Crippen LogP contribution in [0.1, 0.15) is 16.6 Å². The van der Waals surface area contributed by atoms with Crippen molar-refractivity contribution in [2.45, 2.75) is 12.5 Å². The first-order valence-corrected chi connectivity index (χ1v) is 8.15. The van der Waals surface area contributed by atoms with Gasteiger partial charge < -0.3 is 5.32 Å². The van der Waals surface area contributed by atoms with Gasteiger partial charge in [0.05, 0.1) is 15.2 Å². The predicted molar refractivity (Wildman–Crippen MR) is 89.3 cm³/mol. The summed E-state index contributed by atoms with van der Waals surface area (Å²) in [6, 6.07) is 16.9. The normalized spacial score (nSPS) is 12.7. The van der Waals surface area contributed by atoms with Crippen LogP contribution in [0, 0.1) is 0 Å². The third-order valence-electron chi connectivity index (χ3n) is 3.35. The first-order chi connectivity index (χ1) is 9.78. The number of thiazole rings is 1. The minimum Gasteiger partial charge on any atom is -0.313 e. The van der Waals surface area contributed by atoms with Crippen molar-refractivity contribution in [2.75, 3.05) is 7.05 Å². The number of nitrogens with zero attached hydrogens (tertiary/aromatic N) is 1. The first-order valence-electron chi connectivity index (χ1n) is 6.54. The number of likely N-dealkylation sites (N-methyl/N-ethyl adjacent to an activating group) is 1. The van der Waals surface area contributed by atoms with Crippen molar-refractivity contribution in [1.82, 2.24) is 10.3 Å². The average Bonchev–Trinajstić information content (AvgIpc) is 2.88. The molecule has 0 saturated heterocycles. The van der Waals surface area contributed by atoms with Crippen molar-refractivity contribution in [3.05, 3.63) is 63.6 Å². The Hall–Kier alpha value is -1.23. The Morgan fingerprint density at radius 2 is 1.90 bits per heavy atom. The highest BCUT2D eigenvalue weighted by Crippen LogP contribution is 2.29. The zero-order valence-electron chi connectivity index (χ0n) is 11.1. The monoisotopic (exact) mass is 346 g/mol. The largest absolute Gasteiger partial charge is 0.313 e. The van der Waals surface area contributed by atoms with E-state index in [9.17, 15) is 0 Å². The standard InChI is InChI=1S/C16H15BrN2S/c1-18-14(11-6-2-3-7-12(11)17)10-16-19-13-8-4-5-9-15(13)20-16/h2-9,14,18H,10H2,1H3. The molecule has 3 aromatic rings. The fraction of sp³-hybridized carbons (Fsp3) is 0.188. The third-order valence-corrected chi connectivity index (χ3v) is 5.13. The van der Waals surface area contributed by atoms with Gasteiger partial charge in [-0.15, -0.1) is 11.3 Å². The molecule has 0 fully saturated rings. The molecule has 1 heterocycles. The molecule has 1 aromatic heterocycles. The van der Waals surface area contributed by atoms with E-state index in [0.29, 0.717) is 0 Å². The van der Waals surface area contributed by atoms with E-state index < -0.39 is 0 Å². The molecule has 0 saturated carbocycles. The summed E-state index contributed by atoms with van der Waals surface area (Å²) < 4.78 is 2.39. The molecular weight excluding hydrogens is 332 g/mol. The Balaban J connectivity index is 1.90. The van der Waals surface area contributed by atoms with Crippen LogP contribution in [0.3, 0.4) is 0 Å². The van der Waals surface area contributed by atoms with Gasteiger partial charge in [-0.05, 0) is 30.8 Å². The topological polar surface area (TPSA) is 24.9 Å². The number of nitrogens with one attached hydrogen (secondary N) is 1. The maximum atomic E-state index is 4.72. The summed E-state index contributed by atoms with van der Waals surface area (Å²) >= 11 is 5.40. The SMILES string of the molecule is CNC(Cc1nc2ccccc2s1)c1ccccc1Br. The summed E-state index contributed by atoms with van der Waals surface area (Å²) in [5, 5.41) is 4.56. The molecule has 0 aliphatic heterocycles. The Morgan fingerprint density at radius 1 is 1.15 bits per heavy atom. The van der Waals surface area contributed by atoms with Gasteiger partial charge in [0.2, 0.25) is 0 Å². The lowest BCUT2D eigenvalue weighted by atomic mass is 10.0. The summed E-state index contributed by atoms with van der Waals surface area (Å²) in [7, 11) is 2.00. The van der Waals surface area contributed by atoms with E-state index in [1.54, 1.807) is 11.3 Å². The van der Waals surface area contributed by atoms with E-state index in [1.807, 2.05) is 19.2 Å². The van der Waals surface area contributed by atoms with Crippen molar-refractivity contribution in [3.8, 4) is 0 Å². The molecule has 0 aliphatic carbocycles. The molecule has 4 heteroatoms. The van der Waals surface area contributed by atoms with Gasteiger partial charge >= 0.3 is 0 Å². The summed E-state index contributed by atoms with van der Waals surface area (Å²) in [6.07, 6.45) is 0.901. The van der Waals surface area contributed by atoms with Crippen LogP contribution in [-0.4, -0.2) is 12.0 Å². The van der Waals surface area contributed by atoms with Crippen LogP contribution in [-0.2, 0) is 6.42 Å². The van der Waals surface area contributed by atoms with E-state index in [2.05, 4.69) is 57.6 Å². The van der Waals surface area contributed by atoms with Crippen molar-refractivity contribution >= 4 is 37.5 Å². The summed E-state index contributed by atoms with van der Waals surface area (Å²) in [5.41, 5.74) is 2.36. The van der Waals surface area contributed by atoms with Gasteiger partial charge in [-0.2, -0.15) is 0 Å². The van der Waals surface area contributed by atoms with Crippen LogP contribution in [0.25, 0.3) is 10.2 Å². The predicted octanol–water partition coefficient (Wildman–Crippen LogP) is 4.56. The number of hydrogen-bond donors (Lipinski definition) is 1. The Labute approximate surface area is 131 Å². The number of benzene rings is 2. The molecule has 1 atom stereocenters. The zero-order chi connectivity index (χ0) is 13.9. The maximum absolute atomic E-state index is 4.72. The van der Waals surface area contributed by atoms with Crippen molar-refractivity contribution in [2.24, 2.45) is 0 Å². The third kappa shape index (κ3) is 2.77. The number of aromatic nitrogens is 1. The van der Waals surface area contributed by atoms with Gasteiger partial charge in [0, 0.05) is 16.9 Å². The molecule has 0 aliphatic rings. The number of halogens is 1. The fourth-order valence-electron chi connectivity index (χ4n) is 2.31. The van der Waals surface area contributed by atoms with E-state index in [4.69, 9.17) is 4.98 Å². The maximum Gasteiger partial charge on any atom is 0.0957 e. The van der Waals surface area contributed by atoms with E-state index in [1.165, 1.54) is 15.3 Å². The van der Waals surface area contributed by atoms with Crippen LogP contribution >= 0.6 is 27.3 Å². The molecule has 1 unspecified atom stereocenters. The Kier molecular flexibility index (Phi) is 4.15. The van der Waals surface area contributed by atoms with Crippen LogP contribution < -0.4 is 5.32 Å². The number of para-hydroxylation sites is 1.